The van der Waals surface area contributed by atoms with Crippen LogP contribution in [0.3, 0.4) is 0 Å². The molecule has 2 aromatic carbocycles. The number of hydrogen-bond donors (Lipinski definition) is 2. The van der Waals surface area contributed by atoms with E-state index < -0.39 is 10.0 Å². The molecule has 1 aliphatic rings. The van der Waals surface area contributed by atoms with E-state index in [1.807, 2.05) is 30.3 Å². The van der Waals surface area contributed by atoms with Crippen LogP contribution < -0.4 is 10.6 Å². The molecule has 0 atom stereocenters. The van der Waals surface area contributed by atoms with Crippen molar-refractivity contribution >= 4 is 21.6 Å². The Bertz CT molecular complexity index is 893. The Hall–Kier alpha value is -2.38. The van der Waals surface area contributed by atoms with Crippen LogP contribution in [0.25, 0.3) is 0 Å². The van der Waals surface area contributed by atoms with Crippen LogP contribution in [0.5, 0.6) is 0 Å². The number of hydrogen-bond acceptors (Lipinski definition) is 4. The van der Waals surface area contributed by atoms with Crippen molar-refractivity contribution in [1.29, 1.82) is 0 Å². The molecule has 2 aromatic rings. The van der Waals surface area contributed by atoms with E-state index in [9.17, 15) is 13.2 Å². The van der Waals surface area contributed by atoms with Gasteiger partial charge in [-0.05, 0) is 43.0 Å². The lowest BCUT2D eigenvalue weighted by molar-refractivity contribution is -0.119. The molecule has 2 N–H and O–H groups in total. The van der Waals surface area contributed by atoms with Crippen molar-refractivity contribution in [3.8, 4) is 0 Å². The fraction of sp³-hybridized carbons (Fsp3) is 0.409. The van der Waals surface area contributed by atoms with Crippen LogP contribution in [0, 0.1) is 0 Å². The van der Waals surface area contributed by atoms with Gasteiger partial charge in [0, 0.05) is 25.3 Å². The highest BCUT2D eigenvalue weighted by molar-refractivity contribution is 7.89. The van der Waals surface area contributed by atoms with Gasteiger partial charge in [-0.25, -0.2) is 8.42 Å². The quantitative estimate of drug-likeness (QED) is 0.695. The van der Waals surface area contributed by atoms with Gasteiger partial charge in [-0.1, -0.05) is 49.2 Å². The van der Waals surface area contributed by atoms with Gasteiger partial charge in [-0.2, -0.15) is 4.31 Å². The first kappa shape index (κ1) is 21.3. The van der Waals surface area contributed by atoms with Gasteiger partial charge < -0.3 is 10.6 Å². The molecule has 0 aromatic heterocycles. The predicted octanol–water partition coefficient (Wildman–Crippen LogP) is 3.02. The molecule has 0 unspecified atom stereocenters. The Morgan fingerprint density at radius 3 is 2.38 bits per heavy atom. The average molecular weight is 416 g/mol. The number of nitrogens with zero attached hydrogens (tertiary/aromatic N) is 1. The molecule has 0 saturated carbocycles. The second-order valence-corrected chi connectivity index (χ2v) is 9.22. The van der Waals surface area contributed by atoms with Crippen molar-refractivity contribution in [2.75, 3.05) is 31.5 Å². The zero-order valence-electron chi connectivity index (χ0n) is 16.6. The molecule has 1 heterocycles. The van der Waals surface area contributed by atoms with Gasteiger partial charge in [0.1, 0.15) is 0 Å². The van der Waals surface area contributed by atoms with Crippen molar-refractivity contribution in [1.82, 2.24) is 9.62 Å². The van der Waals surface area contributed by atoms with E-state index in [0.717, 1.165) is 32.1 Å². The number of carbonyl (C=O) groups is 1. The molecule has 1 amide bonds. The Kier molecular flexibility index (Phi) is 7.66. The summed E-state index contributed by atoms with van der Waals surface area (Å²) in [6.07, 6.45) is 4.73. The van der Waals surface area contributed by atoms with Crippen LogP contribution in [0.4, 0.5) is 5.69 Å². The summed E-state index contributed by atoms with van der Waals surface area (Å²) in [5.74, 6) is -0.123. The molecule has 0 bridgehead atoms. The van der Waals surface area contributed by atoms with Crippen LogP contribution >= 0.6 is 0 Å². The second kappa shape index (κ2) is 10.4. The summed E-state index contributed by atoms with van der Waals surface area (Å²) < 4.78 is 27.4. The minimum atomic E-state index is -3.50. The monoisotopic (exact) mass is 415 g/mol. The maximum Gasteiger partial charge on any atom is 0.243 e. The summed E-state index contributed by atoms with van der Waals surface area (Å²) in [7, 11) is -3.50. The normalized spacial score (nSPS) is 15.4. The lowest BCUT2D eigenvalue weighted by atomic mass is 10.1. The molecule has 1 fully saturated rings. The van der Waals surface area contributed by atoms with Gasteiger partial charge in [0.15, 0.2) is 0 Å². The van der Waals surface area contributed by atoms with E-state index in [1.54, 1.807) is 28.6 Å². The fourth-order valence-electron chi connectivity index (χ4n) is 3.43. The minimum absolute atomic E-state index is 0.0992. The van der Waals surface area contributed by atoms with Crippen molar-refractivity contribution in [2.24, 2.45) is 0 Å². The number of anilines is 1. The van der Waals surface area contributed by atoms with Gasteiger partial charge in [0.2, 0.25) is 15.9 Å². The molecule has 1 aliphatic heterocycles. The standard InChI is InChI=1S/C22H29N3O3S/c26-22(23-14-13-19-9-4-3-5-10-19)18-24-20-11-8-12-21(17-20)29(27,28)25-15-6-1-2-7-16-25/h3-5,8-12,17,24H,1-2,6-7,13-16,18H2,(H,23,26). The van der Waals surface area contributed by atoms with Gasteiger partial charge in [-0.3, -0.25) is 4.79 Å². The summed E-state index contributed by atoms with van der Waals surface area (Å²) >= 11 is 0. The van der Waals surface area contributed by atoms with E-state index in [1.165, 1.54) is 5.56 Å². The highest BCUT2D eigenvalue weighted by atomic mass is 32.2. The molecule has 0 aliphatic carbocycles. The minimum Gasteiger partial charge on any atom is -0.376 e. The van der Waals surface area contributed by atoms with Crippen LogP contribution in [-0.2, 0) is 21.2 Å². The van der Waals surface area contributed by atoms with E-state index in [4.69, 9.17) is 0 Å². The molecule has 1 saturated heterocycles. The maximum absolute atomic E-state index is 12.9. The first-order valence-corrected chi connectivity index (χ1v) is 11.6. The van der Waals surface area contributed by atoms with Crippen molar-refractivity contribution < 1.29 is 13.2 Å². The van der Waals surface area contributed by atoms with Crippen LogP contribution in [0.15, 0.2) is 59.5 Å². The van der Waals surface area contributed by atoms with Gasteiger partial charge in [0.05, 0.1) is 11.4 Å². The number of amides is 1. The third-order valence-corrected chi connectivity index (χ3v) is 6.96. The summed E-state index contributed by atoms with van der Waals surface area (Å²) in [6, 6.07) is 16.7. The molecule has 0 spiro atoms. The van der Waals surface area contributed by atoms with E-state index in [0.29, 0.717) is 25.3 Å². The largest absolute Gasteiger partial charge is 0.376 e. The Labute approximate surface area is 173 Å². The van der Waals surface area contributed by atoms with Gasteiger partial charge in [0.25, 0.3) is 0 Å². The van der Waals surface area contributed by atoms with Gasteiger partial charge >= 0.3 is 0 Å². The summed E-state index contributed by atoms with van der Waals surface area (Å²) in [5, 5.41) is 5.90. The number of benzene rings is 2. The smallest absolute Gasteiger partial charge is 0.243 e. The molecule has 156 valence electrons. The van der Waals surface area contributed by atoms with Crippen LogP contribution in [0.1, 0.15) is 31.2 Å². The maximum atomic E-state index is 12.9. The van der Waals surface area contributed by atoms with Crippen LogP contribution in [-0.4, -0.2) is 44.8 Å². The average Bonchev–Trinajstić information content (AvgIpc) is 3.03. The van der Waals surface area contributed by atoms with Crippen molar-refractivity contribution in [2.45, 2.75) is 37.0 Å². The summed E-state index contributed by atoms with van der Waals surface area (Å²) in [6.45, 7) is 1.81. The molecule has 3 rings (SSSR count). The van der Waals surface area contributed by atoms with Crippen molar-refractivity contribution in [3.05, 3.63) is 60.2 Å². The molecular weight excluding hydrogens is 386 g/mol. The Morgan fingerprint density at radius 2 is 1.66 bits per heavy atom. The first-order chi connectivity index (χ1) is 14.1. The fourth-order valence-corrected chi connectivity index (χ4v) is 5.00. The van der Waals surface area contributed by atoms with Crippen molar-refractivity contribution in [3.63, 3.8) is 0 Å². The molecule has 6 nitrogen and oxygen atoms in total. The summed E-state index contributed by atoms with van der Waals surface area (Å²) in [4.78, 5) is 12.3. The molecular formula is C22H29N3O3S. The van der Waals surface area contributed by atoms with E-state index in [-0.39, 0.29) is 17.3 Å². The summed E-state index contributed by atoms with van der Waals surface area (Å²) in [5.41, 5.74) is 1.80. The number of nitrogens with one attached hydrogen (secondary N) is 2. The Balaban J connectivity index is 1.52. The highest BCUT2D eigenvalue weighted by Crippen LogP contribution is 2.22. The SMILES string of the molecule is O=C(CNc1cccc(S(=O)(=O)N2CCCCCC2)c1)NCCc1ccccc1. The molecule has 7 heteroatoms. The Morgan fingerprint density at radius 1 is 0.931 bits per heavy atom. The van der Waals surface area contributed by atoms with Crippen LogP contribution in [0.2, 0.25) is 0 Å². The third kappa shape index (κ3) is 6.30. The number of rotatable bonds is 8. The zero-order chi connectivity index (χ0) is 20.5. The topological polar surface area (TPSA) is 78.5 Å². The lowest BCUT2D eigenvalue weighted by Gasteiger charge is -2.20. The van der Waals surface area contributed by atoms with E-state index >= 15 is 0 Å². The lowest BCUT2D eigenvalue weighted by Crippen LogP contribution is -2.32. The molecule has 29 heavy (non-hydrogen) atoms. The number of carbonyl (C=O) groups excluding carboxylic acids is 1. The predicted molar refractivity (Wildman–Crippen MR) is 115 cm³/mol. The second-order valence-electron chi connectivity index (χ2n) is 7.29. The third-order valence-electron chi connectivity index (χ3n) is 5.07. The zero-order valence-corrected chi connectivity index (χ0v) is 17.5. The number of sulfonamides is 1. The molecule has 0 radical (unpaired) electrons. The van der Waals surface area contributed by atoms with Gasteiger partial charge in [-0.15, -0.1) is 0 Å². The highest BCUT2D eigenvalue weighted by Gasteiger charge is 2.25. The first-order valence-electron chi connectivity index (χ1n) is 10.2. The van der Waals surface area contributed by atoms with E-state index in [2.05, 4.69) is 10.6 Å².